The fraction of sp³-hybridized carbons (Fsp3) is 0.571. The van der Waals surface area contributed by atoms with Crippen LogP contribution in [0.25, 0.3) is 0 Å². The Morgan fingerprint density at radius 2 is 1.76 bits per heavy atom. The summed E-state index contributed by atoms with van der Waals surface area (Å²) in [5.41, 5.74) is -0.279. The van der Waals surface area contributed by atoms with Gasteiger partial charge in [-0.3, -0.25) is 0 Å². The molecule has 1 atom stereocenters. The number of alkyl halides is 6. The molecule has 0 bridgehead atoms. The van der Waals surface area contributed by atoms with Gasteiger partial charge in [0.1, 0.15) is 0 Å². The Kier molecular flexibility index (Phi) is 6.07. The normalized spacial score (nSPS) is 14.2. The Labute approximate surface area is 119 Å². The summed E-state index contributed by atoms with van der Waals surface area (Å²) < 4.78 is 73.5. The van der Waals surface area contributed by atoms with Crippen LogP contribution >= 0.6 is 0 Å². The van der Waals surface area contributed by atoms with E-state index in [0.29, 0.717) is 12.0 Å². The average molecular weight is 313 g/mol. The van der Waals surface area contributed by atoms with Crippen LogP contribution in [-0.2, 0) is 12.7 Å². The maximum Gasteiger partial charge on any atom is 0.416 e. The Bertz CT molecular complexity index is 438. The van der Waals surface area contributed by atoms with Gasteiger partial charge in [0.25, 0.3) is 0 Å². The molecule has 1 unspecified atom stereocenters. The minimum atomic E-state index is -4.39. The summed E-state index contributed by atoms with van der Waals surface area (Å²) in [6.07, 6.45) is -9.09. The maximum atomic E-state index is 12.5. The molecular formula is C14H17F6N. The molecule has 120 valence electrons. The highest BCUT2D eigenvalue weighted by molar-refractivity contribution is 5.25. The molecule has 0 aliphatic carbocycles. The molecule has 1 aromatic carbocycles. The Balaban J connectivity index is 2.41. The zero-order valence-electron chi connectivity index (χ0n) is 11.5. The molecule has 0 saturated carbocycles. The number of benzene rings is 1. The van der Waals surface area contributed by atoms with Crippen molar-refractivity contribution in [3.8, 4) is 0 Å². The smallest absolute Gasteiger partial charge is 0.310 e. The Morgan fingerprint density at radius 3 is 2.33 bits per heavy atom. The number of rotatable bonds is 6. The van der Waals surface area contributed by atoms with Gasteiger partial charge in [0.2, 0.25) is 0 Å². The van der Waals surface area contributed by atoms with Gasteiger partial charge in [-0.15, -0.1) is 0 Å². The second-order valence-electron chi connectivity index (χ2n) is 4.99. The first-order valence-corrected chi connectivity index (χ1v) is 6.54. The van der Waals surface area contributed by atoms with E-state index in [1.165, 1.54) is 6.07 Å². The van der Waals surface area contributed by atoms with Gasteiger partial charge in [-0.25, -0.2) is 0 Å². The van der Waals surface area contributed by atoms with Crippen molar-refractivity contribution >= 4 is 0 Å². The fourth-order valence-corrected chi connectivity index (χ4v) is 1.86. The quantitative estimate of drug-likeness (QED) is 0.735. The molecule has 7 heteroatoms. The van der Waals surface area contributed by atoms with E-state index in [9.17, 15) is 26.3 Å². The van der Waals surface area contributed by atoms with Crippen molar-refractivity contribution in [2.45, 2.75) is 51.1 Å². The predicted molar refractivity (Wildman–Crippen MR) is 67.7 cm³/mol. The standard InChI is InChI=1S/C14H17F6N/c1-10(4-3-7-13(15,16)17)21-9-11-5-2-6-12(8-11)14(18,19)20/h2,5-6,8,10,21H,3-4,7,9H2,1H3. The summed E-state index contributed by atoms with van der Waals surface area (Å²) in [4.78, 5) is 0. The molecule has 1 rings (SSSR count). The monoisotopic (exact) mass is 313 g/mol. The van der Waals surface area contributed by atoms with Gasteiger partial charge in [-0.05, 0) is 31.4 Å². The van der Waals surface area contributed by atoms with Gasteiger partial charge in [-0.2, -0.15) is 26.3 Å². The van der Waals surface area contributed by atoms with Crippen LogP contribution in [0.5, 0.6) is 0 Å². The van der Waals surface area contributed by atoms with Crippen molar-refractivity contribution in [2.75, 3.05) is 0 Å². The van der Waals surface area contributed by atoms with Crippen LogP contribution in [0.1, 0.15) is 37.3 Å². The van der Waals surface area contributed by atoms with Crippen LogP contribution in [0.4, 0.5) is 26.3 Å². The molecule has 0 spiro atoms. The molecule has 0 heterocycles. The summed E-state index contributed by atoms with van der Waals surface area (Å²) in [7, 11) is 0. The van der Waals surface area contributed by atoms with Crippen LogP contribution in [0.2, 0.25) is 0 Å². The Morgan fingerprint density at radius 1 is 1.10 bits per heavy atom. The number of hydrogen-bond acceptors (Lipinski definition) is 1. The molecule has 0 aliphatic rings. The van der Waals surface area contributed by atoms with Gasteiger partial charge >= 0.3 is 12.4 Å². The topological polar surface area (TPSA) is 12.0 Å². The van der Waals surface area contributed by atoms with Crippen LogP contribution in [0.3, 0.4) is 0 Å². The number of nitrogens with one attached hydrogen (secondary N) is 1. The average Bonchev–Trinajstić information content (AvgIpc) is 2.34. The number of hydrogen-bond donors (Lipinski definition) is 1. The maximum absolute atomic E-state index is 12.5. The van der Waals surface area contributed by atoms with Crippen LogP contribution in [0.15, 0.2) is 24.3 Å². The summed E-state index contributed by atoms with van der Waals surface area (Å²) in [5, 5.41) is 2.93. The minimum absolute atomic E-state index is 0.000255. The predicted octanol–water partition coefficient (Wildman–Crippen LogP) is 4.92. The van der Waals surface area contributed by atoms with E-state index in [-0.39, 0.29) is 19.0 Å². The third-order valence-corrected chi connectivity index (χ3v) is 3.01. The van der Waals surface area contributed by atoms with Crippen molar-refractivity contribution in [1.82, 2.24) is 5.32 Å². The van der Waals surface area contributed by atoms with E-state index in [0.717, 1.165) is 12.1 Å². The van der Waals surface area contributed by atoms with Gasteiger partial charge in [-0.1, -0.05) is 18.2 Å². The van der Waals surface area contributed by atoms with Gasteiger partial charge in [0, 0.05) is 19.0 Å². The lowest BCUT2D eigenvalue weighted by Gasteiger charge is -2.15. The van der Waals surface area contributed by atoms with E-state index in [4.69, 9.17) is 0 Å². The summed E-state index contributed by atoms with van der Waals surface area (Å²) in [6, 6.07) is 4.69. The molecule has 1 nitrogen and oxygen atoms in total. The molecule has 0 aromatic heterocycles. The number of halogens is 6. The third kappa shape index (κ3) is 7.36. The second kappa shape index (κ2) is 7.15. The Hall–Kier alpha value is -1.24. The largest absolute Gasteiger partial charge is 0.416 e. The van der Waals surface area contributed by atoms with E-state index < -0.39 is 24.3 Å². The SMILES string of the molecule is CC(CCCC(F)(F)F)NCc1cccc(C(F)(F)F)c1. The second-order valence-corrected chi connectivity index (χ2v) is 4.99. The molecule has 0 amide bonds. The highest BCUT2D eigenvalue weighted by Crippen LogP contribution is 2.29. The lowest BCUT2D eigenvalue weighted by molar-refractivity contribution is -0.137. The molecule has 21 heavy (non-hydrogen) atoms. The van der Waals surface area contributed by atoms with E-state index in [1.54, 1.807) is 13.0 Å². The third-order valence-electron chi connectivity index (χ3n) is 3.01. The highest BCUT2D eigenvalue weighted by Gasteiger charge is 2.30. The van der Waals surface area contributed by atoms with Crippen LogP contribution in [0, 0.1) is 0 Å². The molecular weight excluding hydrogens is 296 g/mol. The zero-order valence-corrected chi connectivity index (χ0v) is 11.5. The highest BCUT2D eigenvalue weighted by atomic mass is 19.4. The minimum Gasteiger partial charge on any atom is -0.310 e. The lowest BCUT2D eigenvalue weighted by atomic mass is 10.1. The molecule has 1 aromatic rings. The van der Waals surface area contributed by atoms with Gasteiger partial charge < -0.3 is 5.32 Å². The zero-order chi connectivity index (χ0) is 16.1. The fourth-order valence-electron chi connectivity index (χ4n) is 1.86. The van der Waals surface area contributed by atoms with E-state index >= 15 is 0 Å². The summed E-state index contributed by atoms with van der Waals surface area (Å²) >= 11 is 0. The van der Waals surface area contributed by atoms with E-state index in [1.807, 2.05) is 0 Å². The van der Waals surface area contributed by atoms with Crippen molar-refractivity contribution in [3.05, 3.63) is 35.4 Å². The summed E-state index contributed by atoms with van der Waals surface area (Å²) in [6.45, 7) is 1.90. The molecule has 0 radical (unpaired) electrons. The van der Waals surface area contributed by atoms with Crippen LogP contribution in [-0.4, -0.2) is 12.2 Å². The molecule has 1 N–H and O–H groups in total. The van der Waals surface area contributed by atoms with Crippen molar-refractivity contribution in [1.29, 1.82) is 0 Å². The van der Waals surface area contributed by atoms with Gasteiger partial charge in [0.15, 0.2) is 0 Å². The lowest BCUT2D eigenvalue weighted by Crippen LogP contribution is -2.26. The first-order valence-electron chi connectivity index (χ1n) is 6.54. The van der Waals surface area contributed by atoms with E-state index in [2.05, 4.69) is 5.32 Å². The molecule has 0 fully saturated rings. The van der Waals surface area contributed by atoms with Crippen molar-refractivity contribution < 1.29 is 26.3 Å². The first kappa shape index (κ1) is 17.8. The summed E-state index contributed by atoms with van der Waals surface area (Å²) in [5.74, 6) is 0. The van der Waals surface area contributed by atoms with Gasteiger partial charge in [0.05, 0.1) is 5.56 Å². The first-order chi connectivity index (χ1) is 9.58. The van der Waals surface area contributed by atoms with Crippen molar-refractivity contribution in [2.24, 2.45) is 0 Å². The molecule has 0 saturated heterocycles. The molecule has 0 aliphatic heterocycles. The van der Waals surface area contributed by atoms with Crippen molar-refractivity contribution in [3.63, 3.8) is 0 Å². The van der Waals surface area contributed by atoms with Crippen LogP contribution < -0.4 is 5.32 Å².